The minimum absolute atomic E-state index is 0.349. The Balaban J connectivity index is 2.46. The molecule has 1 aliphatic rings. The molecule has 3 heteroatoms. The van der Waals surface area contributed by atoms with Crippen molar-refractivity contribution in [2.24, 2.45) is 0 Å². The van der Waals surface area contributed by atoms with E-state index in [0.29, 0.717) is 5.15 Å². The highest BCUT2D eigenvalue weighted by Gasteiger charge is 2.40. The minimum Gasteiger partial charge on any atom is -0.241 e. The van der Waals surface area contributed by atoms with Crippen molar-refractivity contribution in [1.82, 2.24) is 4.98 Å². The first-order valence-corrected chi connectivity index (χ1v) is 5.11. The topological polar surface area (TPSA) is 36.7 Å². The zero-order chi connectivity index (χ0) is 10.2. The number of halogens is 1. The van der Waals surface area contributed by atoms with Crippen LogP contribution in [-0.4, -0.2) is 4.98 Å². The van der Waals surface area contributed by atoms with Crippen LogP contribution in [0.2, 0.25) is 5.15 Å². The third-order valence-electron chi connectivity index (χ3n) is 2.92. The lowest BCUT2D eigenvalue weighted by Gasteiger charge is -2.35. The van der Waals surface area contributed by atoms with Crippen LogP contribution in [0.15, 0.2) is 12.1 Å². The van der Waals surface area contributed by atoms with Gasteiger partial charge in [-0.25, -0.2) is 4.98 Å². The highest BCUT2D eigenvalue weighted by atomic mass is 35.5. The Kier molecular flexibility index (Phi) is 2.20. The average molecular weight is 207 g/mol. The monoisotopic (exact) mass is 206 g/mol. The van der Waals surface area contributed by atoms with Crippen molar-refractivity contribution >= 4 is 11.6 Å². The molecule has 1 aliphatic carbocycles. The van der Waals surface area contributed by atoms with Gasteiger partial charge < -0.3 is 0 Å². The van der Waals surface area contributed by atoms with Gasteiger partial charge in [0.25, 0.3) is 0 Å². The SMILES string of the molecule is Cc1ccc(C2(C#N)CCC2)c(Cl)n1. The van der Waals surface area contributed by atoms with Crippen LogP contribution in [0.5, 0.6) is 0 Å². The maximum Gasteiger partial charge on any atom is 0.134 e. The first kappa shape index (κ1) is 9.48. The third kappa shape index (κ3) is 1.29. The quantitative estimate of drug-likeness (QED) is 0.663. The average Bonchev–Trinajstić information content (AvgIpc) is 2.07. The van der Waals surface area contributed by atoms with E-state index in [2.05, 4.69) is 11.1 Å². The molecule has 0 radical (unpaired) electrons. The number of nitriles is 1. The van der Waals surface area contributed by atoms with E-state index in [0.717, 1.165) is 30.5 Å². The Hall–Kier alpha value is -1.07. The van der Waals surface area contributed by atoms with Gasteiger partial charge in [-0.3, -0.25) is 0 Å². The summed E-state index contributed by atoms with van der Waals surface area (Å²) < 4.78 is 0. The van der Waals surface area contributed by atoms with Crippen LogP contribution in [0, 0.1) is 18.3 Å². The van der Waals surface area contributed by atoms with Crippen LogP contribution < -0.4 is 0 Å². The number of hydrogen-bond acceptors (Lipinski definition) is 2. The molecule has 0 spiro atoms. The maximum absolute atomic E-state index is 9.15. The fraction of sp³-hybridized carbons (Fsp3) is 0.455. The second kappa shape index (κ2) is 3.25. The molecule has 0 unspecified atom stereocenters. The molecule has 2 rings (SSSR count). The van der Waals surface area contributed by atoms with Gasteiger partial charge in [0.1, 0.15) is 5.15 Å². The highest BCUT2D eigenvalue weighted by molar-refractivity contribution is 6.30. The van der Waals surface area contributed by atoms with Crippen molar-refractivity contribution in [3.8, 4) is 6.07 Å². The standard InChI is InChI=1S/C11H11ClN2/c1-8-3-4-9(10(12)14-8)11(7-13)5-2-6-11/h3-4H,2,5-6H2,1H3. The van der Waals surface area contributed by atoms with Crippen LogP contribution in [0.1, 0.15) is 30.5 Å². The van der Waals surface area contributed by atoms with E-state index < -0.39 is 0 Å². The van der Waals surface area contributed by atoms with Gasteiger partial charge >= 0.3 is 0 Å². The lowest BCUT2D eigenvalue weighted by atomic mass is 9.66. The molecular formula is C11H11ClN2. The van der Waals surface area contributed by atoms with E-state index in [1.54, 1.807) is 0 Å². The smallest absolute Gasteiger partial charge is 0.134 e. The summed E-state index contributed by atoms with van der Waals surface area (Å²) in [6, 6.07) is 6.22. The van der Waals surface area contributed by atoms with E-state index in [-0.39, 0.29) is 5.41 Å². The largest absolute Gasteiger partial charge is 0.241 e. The zero-order valence-electron chi connectivity index (χ0n) is 8.05. The molecule has 1 aromatic rings. The van der Waals surface area contributed by atoms with Crippen molar-refractivity contribution < 1.29 is 0 Å². The van der Waals surface area contributed by atoms with Crippen LogP contribution in [-0.2, 0) is 5.41 Å². The maximum atomic E-state index is 9.15. The fourth-order valence-corrected chi connectivity index (χ4v) is 2.23. The molecule has 1 heterocycles. The van der Waals surface area contributed by atoms with Gasteiger partial charge in [-0.1, -0.05) is 17.7 Å². The predicted octanol–water partition coefficient (Wildman–Crippen LogP) is 2.99. The molecule has 0 bridgehead atoms. The molecule has 2 nitrogen and oxygen atoms in total. The van der Waals surface area contributed by atoms with Crippen molar-refractivity contribution in [3.05, 3.63) is 28.5 Å². The molecule has 0 aliphatic heterocycles. The lowest BCUT2D eigenvalue weighted by molar-refractivity contribution is 0.323. The van der Waals surface area contributed by atoms with Gasteiger partial charge in [-0.2, -0.15) is 5.26 Å². The van der Waals surface area contributed by atoms with Gasteiger partial charge in [0, 0.05) is 11.3 Å². The van der Waals surface area contributed by atoms with Gasteiger partial charge in [0.05, 0.1) is 11.5 Å². The Morgan fingerprint density at radius 3 is 2.64 bits per heavy atom. The third-order valence-corrected chi connectivity index (χ3v) is 3.21. The summed E-state index contributed by atoms with van der Waals surface area (Å²) in [5.41, 5.74) is 1.45. The van der Waals surface area contributed by atoms with Gasteiger partial charge in [0.15, 0.2) is 0 Å². The highest BCUT2D eigenvalue weighted by Crippen LogP contribution is 2.45. The normalized spacial score (nSPS) is 18.4. The Labute approximate surface area is 88.5 Å². The van der Waals surface area contributed by atoms with Gasteiger partial charge in [-0.15, -0.1) is 0 Å². The van der Waals surface area contributed by atoms with Crippen LogP contribution >= 0.6 is 11.6 Å². The number of aromatic nitrogens is 1. The number of aryl methyl sites for hydroxylation is 1. The number of rotatable bonds is 1. The van der Waals surface area contributed by atoms with E-state index in [9.17, 15) is 0 Å². The molecule has 0 atom stereocenters. The summed E-state index contributed by atoms with van der Waals surface area (Å²) in [5, 5.41) is 9.64. The molecule has 0 N–H and O–H groups in total. The second-order valence-corrected chi connectivity index (χ2v) is 4.20. The van der Waals surface area contributed by atoms with Gasteiger partial charge in [-0.05, 0) is 32.3 Å². The molecule has 0 aromatic carbocycles. The van der Waals surface area contributed by atoms with E-state index in [4.69, 9.17) is 16.9 Å². The molecule has 14 heavy (non-hydrogen) atoms. The Morgan fingerprint density at radius 2 is 2.21 bits per heavy atom. The Bertz CT molecular complexity index is 402. The zero-order valence-corrected chi connectivity index (χ0v) is 8.80. The Morgan fingerprint density at radius 1 is 1.50 bits per heavy atom. The van der Waals surface area contributed by atoms with Crippen molar-refractivity contribution in [2.45, 2.75) is 31.6 Å². The fourth-order valence-electron chi connectivity index (χ4n) is 1.85. The first-order valence-electron chi connectivity index (χ1n) is 4.73. The summed E-state index contributed by atoms with van der Waals surface area (Å²) in [6.45, 7) is 1.90. The van der Waals surface area contributed by atoms with Gasteiger partial charge in [0.2, 0.25) is 0 Å². The van der Waals surface area contributed by atoms with Crippen molar-refractivity contribution in [1.29, 1.82) is 5.26 Å². The number of hydrogen-bond donors (Lipinski definition) is 0. The molecular weight excluding hydrogens is 196 g/mol. The molecule has 1 fully saturated rings. The second-order valence-electron chi connectivity index (χ2n) is 3.84. The first-order chi connectivity index (χ1) is 6.68. The molecule has 0 saturated heterocycles. The van der Waals surface area contributed by atoms with Crippen molar-refractivity contribution in [2.75, 3.05) is 0 Å². The molecule has 0 amide bonds. The summed E-state index contributed by atoms with van der Waals surface area (Å²) in [4.78, 5) is 4.18. The molecule has 1 saturated carbocycles. The molecule has 1 aromatic heterocycles. The summed E-state index contributed by atoms with van der Waals surface area (Å²) in [6.07, 6.45) is 2.93. The predicted molar refractivity (Wildman–Crippen MR) is 55.1 cm³/mol. The van der Waals surface area contributed by atoms with Crippen LogP contribution in [0.3, 0.4) is 0 Å². The summed E-state index contributed by atoms with van der Waals surface area (Å²) in [7, 11) is 0. The van der Waals surface area contributed by atoms with Crippen LogP contribution in [0.4, 0.5) is 0 Å². The number of pyridine rings is 1. The van der Waals surface area contributed by atoms with Crippen molar-refractivity contribution in [3.63, 3.8) is 0 Å². The van der Waals surface area contributed by atoms with E-state index in [1.165, 1.54) is 0 Å². The summed E-state index contributed by atoms with van der Waals surface area (Å²) in [5.74, 6) is 0. The molecule has 72 valence electrons. The number of nitrogens with zero attached hydrogens (tertiary/aromatic N) is 2. The van der Waals surface area contributed by atoms with Crippen LogP contribution in [0.25, 0.3) is 0 Å². The van der Waals surface area contributed by atoms with E-state index >= 15 is 0 Å². The lowest BCUT2D eigenvalue weighted by Crippen LogP contribution is -2.32. The summed E-state index contributed by atoms with van der Waals surface area (Å²) >= 11 is 6.04. The minimum atomic E-state index is -0.349. The van der Waals surface area contributed by atoms with E-state index in [1.807, 2.05) is 19.1 Å².